The van der Waals surface area contributed by atoms with Crippen molar-refractivity contribution in [2.45, 2.75) is 16.2 Å². The van der Waals surface area contributed by atoms with Crippen LogP contribution in [0.3, 0.4) is 0 Å². The number of hydrogen-bond donors (Lipinski definition) is 3. The average molecular weight is 425 g/mol. The van der Waals surface area contributed by atoms with Crippen LogP contribution in [0, 0.1) is 0 Å². The van der Waals surface area contributed by atoms with E-state index in [4.69, 9.17) is 19.9 Å². The number of fused-ring (bicyclic) bond motifs is 1. The van der Waals surface area contributed by atoms with Crippen molar-refractivity contribution in [2.75, 3.05) is 12.5 Å². The van der Waals surface area contributed by atoms with Crippen molar-refractivity contribution in [2.24, 2.45) is 0 Å². The largest absolute Gasteiger partial charge is 0.479 e. The predicted molar refractivity (Wildman–Crippen MR) is 112 cm³/mol. The molecule has 0 aromatic heterocycles. The lowest BCUT2D eigenvalue weighted by atomic mass is 10.1. The summed E-state index contributed by atoms with van der Waals surface area (Å²) in [6, 6.07) is 19.5. The quantitative estimate of drug-likeness (QED) is 0.384. The van der Waals surface area contributed by atoms with Gasteiger partial charge in [0.2, 0.25) is 6.79 Å². The second-order valence-electron chi connectivity index (χ2n) is 6.55. The van der Waals surface area contributed by atoms with E-state index in [1.807, 2.05) is 30.3 Å². The topological polar surface area (TPSA) is 111 Å². The number of anilines is 1. The highest BCUT2D eigenvalue weighted by atomic mass is 32.2. The molecule has 3 aromatic carbocycles. The standard InChI is InChI=1S/C22H19NO6S/c23-16-8-7-15(29-14-4-2-1-3-5-14)11-19(16)30-21(20(24)22(25)26)13-6-9-17-18(10-13)28-12-27-17/h1-11,20-21,24H,12,23H2,(H,25,26). The maximum Gasteiger partial charge on any atom is 0.334 e. The minimum atomic E-state index is -1.66. The number of carbonyl (C=O) groups is 1. The smallest absolute Gasteiger partial charge is 0.334 e. The molecule has 0 spiro atoms. The molecule has 4 rings (SSSR count). The minimum absolute atomic E-state index is 0.101. The first kappa shape index (κ1) is 19.9. The van der Waals surface area contributed by atoms with Gasteiger partial charge in [-0.05, 0) is 48.0 Å². The first-order chi connectivity index (χ1) is 14.5. The van der Waals surface area contributed by atoms with Crippen molar-refractivity contribution >= 4 is 23.4 Å². The van der Waals surface area contributed by atoms with Gasteiger partial charge in [0, 0.05) is 10.6 Å². The molecular weight excluding hydrogens is 406 g/mol. The molecule has 3 aromatic rings. The Morgan fingerprint density at radius 1 is 1.00 bits per heavy atom. The molecule has 2 unspecified atom stereocenters. The van der Waals surface area contributed by atoms with Crippen LogP contribution in [0.5, 0.6) is 23.0 Å². The molecule has 2 atom stereocenters. The van der Waals surface area contributed by atoms with E-state index >= 15 is 0 Å². The predicted octanol–water partition coefficient (Wildman–Crippen LogP) is 4.07. The van der Waals surface area contributed by atoms with Crippen LogP contribution in [-0.2, 0) is 4.79 Å². The number of carboxylic acid groups (broad SMARTS) is 1. The van der Waals surface area contributed by atoms with Gasteiger partial charge in [-0.1, -0.05) is 24.3 Å². The van der Waals surface area contributed by atoms with Gasteiger partial charge in [-0.2, -0.15) is 0 Å². The zero-order valence-electron chi connectivity index (χ0n) is 15.7. The van der Waals surface area contributed by atoms with Crippen LogP contribution in [0.1, 0.15) is 10.8 Å². The fraction of sp³-hybridized carbons (Fsp3) is 0.136. The van der Waals surface area contributed by atoms with Gasteiger partial charge in [-0.15, -0.1) is 11.8 Å². The summed E-state index contributed by atoms with van der Waals surface area (Å²) in [7, 11) is 0. The summed E-state index contributed by atoms with van der Waals surface area (Å²) in [5.41, 5.74) is 7.15. The van der Waals surface area contributed by atoms with Crippen LogP contribution in [0.4, 0.5) is 5.69 Å². The molecule has 0 saturated heterocycles. The molecule has 0 saturated carbocycles. The van der Waals surface area contributed by atoms with Crippen molar-refractivity contribution < 1.29 is 29.2 Å². The minimum Gasteiger partial charge on any atom is -0.479 e. The molecular formula is C22H19NO6S. The fourth-order valence-corrected chi connectivity index (χ4v) is 4.17. The molecule has 154 valence electrons. The van der Waals surface area contributed by atoms with Crippen LogP contribution >= 0.6 is 11.8 Å². The van der Waals surface area contributed by atoms with Crippen molar-refractivity contribution in [3.05, 3.63) is 72.3 Å². The number of aliphatic carboxylic acids is 1. The van der Waals surface area contributed by atoms with Crippen molar-refractivity contribution in [3.8, 4) is 23.0 Å². The number of thioether (sulfide) groups is 1. The number of hydrogen-bond acceptors (Lipinski definition) is 7. The molecule has 1 aliphatic heterocycles. The third-order valence-corrected chi connectivity index (χ3v) is 5.87. The Morgan fingerprint density at radius 3 is 2.53 bits per heavy atom. The molecule has 0 amide bonds. The number of carboxylic acids is 1. The Labute approximate surface area is 177 Å². The Balaban J connectivity index is 1.64. The number of ether oxygens (including phenoxy) is 3. The molecule has 30 heavy (non-hydrogen) atoms. The van der Waals surface area contributed by atoms with Gasteiger partial charge < -0.3 is 30.2 Å². The van der Waals surface area contributed by atoms with Gasteiger partial charge in [0.1, 0.15) is 11.5 Å². The summed E-state index contributed by atoms with van der Waals surface area (Å²) in [4.78, 5) is 12.1. The first-order valence-electron chi connectivity index (χ1n) is 9.11. The maximum atomic E-state index is 11.6. The van der Waals surface area contributed by atoms with Crippen LogP contribution in [0.25, 0.3) is 0 Å². The van der Waals surface area contributed by atoms with Gasteiger partial charge in [0.05, 0.1) is 5.25 Å². The van der Waals surface area contributed by atoms with E-state index in [0.29, 0.717) is 39.1 Å². The first-order valence-corrected chi connectivity index (χ1v) is 9.99. The Kier molecular flexibility index (Phi) is 5.69. The molecule has 1 heterocycles. The highest BCUT2D eigenvalue weighted by Crippen LogP contribution is 2.44. The van der Waals surface area contributed by atoms with E-state index in [9.17, 15) is 15.0 Å². The SMILES string of the molecule is Nc1ccc(Oc2ccccc2)cc1SC(c1ccc2c(c1)OCO2)C(O)C(=O)O. The van der Waals surface area contributed by atoms with Crippen molar-refractivity contribution in [3.63, 3.8) is 0 Å². The zero-order valence-corrected chi connectivity index (χ0v) is 16.5. The Morgan fingerprint density at radius 2 is 1.77 bits per heavy atom. The van der Waals surface area contributed by atoms with Gasteiger partial charge >= 0.3 is 5.97 Å². The maximum absolute atomic E-state index is 11.6. The number of rotatable bonds is 7. The van der Waals surface area contributed by atoms with Crippen LogP contribution in [0.15, 0.2) is 71.6 Å². The molecule has 8 heteroatoms. The Hall–Kier alpha value is -3.36. The highest BCUT2D eigenvalue weighted by molar-refractivity contribution is 7.99. The molecule has 0 bridgehead atoms. The second-order valence-corrected chi connectivity index (χ2v) is 7.73. The van der Waals surface area contributed by atoms with Gasteiger partial charge in [-0.25, -0.2) is 4.79 Å². The fourth-order valence-electron chi connectivity index (χ4n) is 2.98. The summed E-state index contributed by atoms with van der Waals surface area (Å²) in [6.45, 7) is 0.101. The van der Waals surface area contributed by atoms with E-state index in [0.717, 1.165) is 11.8 Å². The third kappa shape index (κ3) is 4.29. The summed E-state index contributed by atoms with van der Waals surface area (Å²) in [5, 5.41) is 19.0. The average Bonchev–Trinajstić information content (AvgIpc) is 3.22. The molecule has 4 N–H and O–H groups in total. The van der Waals surface area contributed by atoms with Crippen LogP contribution in [0.2, 0.25) is 0 Å². The van der Waals surface area contributed by atoms with Gasteiger partial charge in [-0.3, -0.25) is 0 Å². The number of aliphatic hydroxyl groups excluding tert-OH is 1. The monoisotopic (exact) mass is 425 g/mol. The normalized spacial score (nSPS) is 14.2. The molecule has 0 aliphatic carbocycles. The van der Waals surface area contributed by atoms with Gasteiger partial charge in [0.25, 0.3) is 0 Å². The van der Waals surface area contributed by atoms with E-state index < -0.39 is 17.3 Å². The number of aliphatic hydroxyl groups is 1. The zero-order chi connectivity index (χ0) is 21.1. The highest BCUT2D eigenvalue weighted by Gasteiger charge is 2.30. The lowest BCUT2D eigenvalue weighted by Gasteiger charge is -2.21. The van der Waals surface area contributed by atoms with E-state index in [1.165, 1.54) is 0 Å². The number of benzene rings is 3. The summed E-state index contributed by atoms with van der Waals surface area (Å²) in [6.07, 6.45) is -1.66. The van der Waals surface area contributed by atoms with Crippen LogP contribution in [-0.4, -0.2) is 29.1 Å². The summed E-state index contributed by atoms with van der Waals surface area (Å²) < 4.78 is 16.5. The molecule has 1 aliphatic rings. The number of nitrogens with two attached hydrogens (primary N) is 1. The molecule has 0 radical (unpaired) electrons. The van der Waals surface area contributed by atoms with Crippen LogP contribution < -0.4 is 19.9 Å². The lowest BCUT2D eigenvalue weighted by Crippen LogP contribution is -2.26. The van der Waals surface area contributed by atoms with E-state index in [-0.39, 0.29) is 6.79 Å². The Bertz CT molecular complexity index is 1060. The third-order valence-electron chi connectivity index (χ3n) is 4.48. The number of nitrogen functional groups attached to an aromatic ring is 1. The summed E-state index contributed by atoms with van der Waals surface area (Å²) >= 11 is 1.14. The van der Waals surface area contributed by atoms with Gasteiger partial charge in [0.15, 0.2) is 17.6 Å². The number of para-hydroxylation sites is 1. The van der Waals surface area contributed by atoms with E-state index in [2.05, 4.69) is 0 Å². The molecule has 0 fully saturated rings. The van der Waals surface area contributed by atoms with Crippen molar-refractivity contribution in [1.29, 1.82) is 0 Å². The molecule has 7 nitrogen and oxygen atoms in total. The second kappa shape index (κ2) is 8.56. The summed E-state index contributed by atoms with van der Waals surface area (Å²) in [5.74, 6) is 0.957. The van der Waals surface area contributed by atoms with E-state index in [1.54, 1.807) is 36.4 Å². The van der Waals surface area contributed by atoms with Crippen molar-refractivity contribution in [1.82, 2.24) is 0 Å². The lowest BCUT2D eigenvalue weighted by molar-refractivity contribution is -0.146.